The summed E-state index contributed by atoms with van der Waals surface area (Å²) in [6.45, 7) is 6.13. The normalized spacial score (nSPS) is 10.8. The summed E-state index contributed by atoms with van der Waals surface area (Å²) < 4.78 is 1.86. The number of nitrogens with two attached hydrogens (primary N) is 1. The first-order chi connectivity index (χ1) is 8.17. The summed E-state index contributed by atoms with van der Waals surface area (Å²) in [6.07, 6.45) is 1.69. The maximum absolute atomic E-state index is 6.10. The SMILES string of the molecule is CCc1nc(CC)n(-c2cccc(C)c2N)n1. The van der Waals surface area contributed by atoms with Crippen molar-refractivity contribution in [1.82, 2.24) is 14.8 Å². The molecule has 1 heterocycles. The van der Waals surface area contributed by atoms with Crippen LogP contribution >= 0.6 is 0 Å². The molecule has 2 N–H and O–H groups in total. The molecule has 0 bridgehead atoms. The van der Waals surface area contributed by atoms with Crippen molar-refractivity contribution in [2.24, 2.45) is 0 Å². The average Bonchev–Trinajstić information content (AvgIpc) is 2.76. The zero-order chi connectivity index (χ0) is 12.4. The second kappa shape index (κ2) is 4.57. The molecular weight excluding hydrogens is 212 g/mol. The molecule has 1 aromatic heterocycles. The highest BCUT2D eigenvalue weighted by molar-refractivity contribution is 5.62. The molecule has 0 saturated heterocycles. The van der Waals surface area contributed by atoms with E-state index in [1.807, 2.05) is 29.8 Å². The number of aromatic nitrogens is 3. The molecule has 0 aliphatic heterocycles. The van der Waals surface area contributed by atoms with Gasteiger partial charge in [-0.2, -0.15) is 5.10 Å². The number of anilines is 1. The van der Waals surface area contributed by atoms with Gasteiger partial charge in [-0.1, -0.05) is 26.0 Å². The van der Waals surface area contributed by atoms with Crippen molar-refractivity contribution >= 4 is 5.69 Å². The molecule has 90 valence electrons. The number of benzene rings is 1. The predicted octanol–water partition coefficient (Wildman–Crippen LogP) is 2.28. The number of hydrogen-bond donors (Lipinski definition) is 1. The fraction of sp³-hybridized carbons (Fsp3) is 0.385. The number of aryl methyl sites for hydroxylation is 3. The molecule has 0 atom stereocenters. The van der Waals surface area contributed by atoms with E-state index >= 15 is 0 Å². The number of hydrogen-bond acceptors (Lipinski definition) is 3. The highest BCUT2D eigenvalue weighted by atomic mass is 15.4. The third kappa shape index (κ3) is 2.02. The summed E-state index contributed by atoms with van der Waals surface area (Å²) >= 11 is 0. The van der Waals surface area contributed by atoms with E-state index in [2.05, 4.69) is 23.9 Å². The van der Waals surface area contributed by atoms with Gasteiger partial charge in [0, 0.05) is 12.8 Å². The molecule has 4 nitrogen and oxygen atoms in total. The number of nitrogens with zero attached hydrogens (tertiary/aromatic N) is 3. The van der Waals surface area contributed by atoms with Crippen LogP contribution in [-0.4, -0.2) is 14.8 Å². The summed E-state index contributed by atoms with van der Waals surface area (Å²) in [6, 6.07) is 5.98. The van der Waals surface area contributed by atoms with Gasteiger partial charge < -0.3 is 5.73 Å². The molecule has 0 aliphatic rings. The van der Waals surface area contributed by atoms with Crippen LogP contribution in [0, 0.1) is 6.92 Å². The maximum Gasteiger partial charge on any atom is 0.151 e. The molecule has 0 spiro atoms. The molecule has 0 saturated carbocycles. The van der Waals surface area contributed by atoms with Crippen molar-refractivity contribution < 1.29 is 0 Å². The molecule has 0 fully saturated rings. The van der Waals surface area contributed by atoms with E-state index in [9.17, 15) is 0 Å². The molecule has 4 heteroatoms. The highest BCUT2D eigenvalue weighted by Crippen LogP contribution is 2.21. The molecule has 17 heavy (non-hydrogen) atoms. The molecule has 0 unspecified atom stereocenters. The van der Waals surface area contributed by atoms with Crippen LogP contribution in [0.1, 0.15) is 31.1 Å². The Kier molecular flexibility index (Phi) is 3.13. The Morgan fingerprint density at radius 3 is 2.65 bits per heavy atom. The van der Waals surface area contributed by atoms with E-state index < -0.39 is 0 Å². The average molecular weight is 230 g/mol. The van der Waals surface area contributed by atoms with Crippen LogP contribution in [0.15, 0.2) is 18.2 Å². The van der Waals surface area contributed by atoms with Crippen molar-refractivity contribution in [2.75, 3.05) is 5.73 Å². The van der Waals surface area contributed by atoms with E-state index in [1.165, 1.54) is 0 Å². The van der Waals surface area contributed by atoms with Crippen molar-refractivity contribution in [3.8, 4) is 5.69 Å². The maximum atomic E-state index is 6.10. The Bertz CT molecular complexity index is 528. The van der Waals surface area contributed by atoms with Gasteiger partial charge in [-0.15, -0.1) is 0 Å². The largest absolute Gasteiger partial charge is 0.397 e. The van der Waals surface area contributed by atoms with Gasteiger partial charge in [0.2, 0.25) is 0 Å². The zero-order valence-electron chi connectivity index (χ0n) is 10.6. The Hall–Kier alpha value is -1.84. The van der Waals surface area contributed by atoms with Gasteiger partial charge in [-0.3, -0.25) is 0 Å². The van der Waals surface area contributed by atoms with Gasteiger partial charge in [-0.05, 0) is 18.6 Å². The lowest BCUT2D eigenvalue weighted by Gasteiger charge is -2.09. The summed E-state index contributed by atoms with van der Waals surface area (Å²) in [4.78, 5) is 4.49. The van der Waals surface area contributed by atoms with Crippen molar-refractivity contribution in [1.29, 1.82) is 0 Å². The second-order valence-corrected chi connectivity index (χ2v) is 4.07. The Labute approximate surface area is 101 Å². The summed E-state index contributed by atoms with van der Waals surface area (Å²) in [5.41, 5.74) is 8.87. The molecule has 0 radical (unpaired) electrons. The quantitative estimate of drug-likeness (QED) is 0.823. The Morgan fingerprint density at radius 2 is 2.00 bits per heavy atom. The third-order valence-electron chi connectivity index (χ3n) is 2.88. The third-order valence-corrected chi connectivity index (χ3v) is 2.88. The van der Waals surface area contributed by atoms with Crippen LogP contribution in [0.4, 0.5) is 5.69 Å². The van der Waals surface area contributed by atoms with E-state index in [1.54, 1.807) is 0 Å². The van der Waals surface area contributed by atoms with Gasteiger partial charge in [-0.25, -0.2) is 9.67 Å². The van der Waals surface area contributed by atoms with Crippen LogP contribution in [-0.2, 0) is 12.8 Å². The van der Waals surface area contributed by atoms with Crippen molar-refractivity contribution in [2.45, 2.75) is 33.6 Å². The zero-order valence-corrected chi connectivity index (χ0v) is 10.6. The highest BCUT2D eigenvalue weighted by Gasteiger charge is 2.11. The van der Waals surface area contributed by atoms with Crippen LogP contribution < -0.4 is 5.73 Å². The molecule has 2 rings (SSSR count). The smallest absolute Gasteiger partial charge is 0.151 e. The first-order valence-corrected chi connectivity index (χ1v) is 5.97. The van der Waals surface area contributed by atoms with Crippen LogP contribution in [0.3, 0.4) is 0 Å². The van der Waals surface area contributed by atoms with Crippen LogP contribution in [0.25, 0.3) is 5.69 Å². The van der Waals surface area contributed by atoms with E-state index in [0.29, 0.717) is 0 Å². The second-order valence-electron chi connectivity index (χ2n) is 4.07. The van der Waals surface area contributed by atoms with Gasteiger partial charge in [0.25, 0.3) is 0 Å². The minimum Gasteiger partial charge on any atom is -0.397 e. The Morgan fingerprint density at radius 1 is 1.24 bits per heavy atom. The van der Waals surface area contributed by atoms with Crippen molar-refractivity contribution in [3.05, 3.63) is 35.4 Å². The standard InChI is InChI=1S/C13H18N4/c1-4-11-15-12(5-2)17(16-11)10-8-6-7-9(3)13(10)14/h6-8H,4-5,14H2,1-3H3. The van der Waals surface area contributed by atoms with Gasteiger partial charge >= 0.3 is 0 Å². The first kappa shape index (κ1) is 11.6. The molecule has 2 aromatic rings. The number of rotatable bonds is 3. The van der Waals surface area contributed by atoms with E-state index in [-0.39, 0.29) is 0 Å². The monoisotopic (exact) mass is 230 g/mol. The molecule has 1 aromatic carbocycles. The van der Waals surface area contributed by atoms with Gasteiger partial charge in [0.05, 0.1) is 11.4 Å². The lowest BCUT2D eigenvalue weighted by atomic mass is 10.2. The number of nitrogen functional groups attached to an aromatic ring is 1. The Balaban J connectivity index is 2.59. The van der Waals surface area contributed by atoms with E-state index in [4.69, 9.17) is 5.73 Å². The molecule has 0 aliphatic carbocycles. The fourth-order valence-electron chi connectivity index (χ4n) is 1.81. The first-order valence-electron chi connectivity index (χ1n) is 5.97. The predicted molar refractivity (Wildman–Crippen MR) is 69.3 cm³/mol. The van der Waals surface area contributed by atoms with Crippen molar-refractivity contribution in [3.63, 3.8) is 0 Å². The minimum atomic E-state index is 0.773. The lowest BCUT2D eigenvalue weighted by Crippen LogP contribution is -2.06. The van der Waals surface area contributed by atoms with E-state index in [0.717, 1.165) is 41.4 Å². The summed E-state index contributed by atoms with van der Waals surface area (Å²) in [5, 5.41) is 4.50. The minimum absolute atomic E-state index is 0.773. The summed E-state index contributed by atoms with van der Waals surface area (Å²) in [5.74, 6) is 1.82. The van der Waals surface area contributed by atoms with Crippen LogP contribution in [0.2, 0.25) is 0 Å². The van der Waals surface area contributed by atoms with Crippen LogP contribution in [0.5, 0.6) is 0 Å². The van der Waals surface area contributed by atoms with Gasteiger partial charge in [0.1, 0.15) is 5.82 Å². The summed E-state index contributed by atoms with van der Waals surface area (Å²) in [7, 11) is 0. The van der Waals surface area contributed by atoms with Gasteiger partial charge in [0.15, 0.2) is 5.82 Å². The topological polar surface area (TPSA) is 56.7 Å². The number of para-hydroxylation sites is 1. The fourth-order valence-corrected chi connectivity index (χ4v) is 1.81. The lowest BCUT2D eigenvalue weighted by molar-refractivity contribution is 0.792. The molecule has 0 amide bonds. The molecular formula is C13H18N4.